The fourth-order valence-corrected chi connectivity index (χ4v) is 4.21. The van der Waals surface area contributed by atoms with Gasteiger partial charge in [-0.2, -0.15) is 0 Å². The van der Waals surface area contributed by atoms with E-state index in [1.165, 1.54) is 11.6 Å². The molecule has 0 aliphatic heterocycles. The molecule has 1 aromatic heterocycles. The molecule has 0 saturated heterocycles. The van der Waals surface area contributed by atoms with Crippen LogP contribution in [0.3, 0.4) is 0 Å². The summed E-state index contributed by atoms with van der Waals surface area (Å²) in [4.78, 5) is 0.0727. The van der Waals surface area contributed by atoms with Crippen LogP contribution in [0.1, 0.15) is 50.3 Å². The van der Waals surface area contributed by atoms with Crippen molar-refractivity contribution in [3.63, 3.8) is 0 Å². The fourth-order valence-electron chi connectivity index (χ4n) is 2.75. The van der Waals surface area contributed by atoms with Crippen molar-refractivity contribution in [2.75, 3.05) is 0 Å². The Bertz CT molecular complexity index is 963. The summed E-state index contributed by atoms with van der Waals surface area (Å²) in [7, 11) is -3.76. The van der Waals surface area contributed by atoms with E-state index in [1.54, 1.807) is 12.1 Å². The zero-order valence-electron chi connectivity index (χ0n) is 14.4. The van der Waals surface area contributed by atoms with Crippen LogP contribution in [0.25, 0.3) is 11.0 Å². The SMILES string of the molecule is CCC(NS(=O)(=O)c1cccc2nonc12)c1ccc(C(C)C)cc1. The van der Waals surface area contributed by atoms with Crippen LogP contribution in [0.2, 0.25) is 0 Å². The van der Waals surface area contributed by atoms with Gasteiger partial charge >= 0.3 is 0 Å². The molecule has 1 N–H and O–H groups in total. The molecule has 2 aromatic carbocycles. The van der Waals surface area contributed by atoms with Crippen LogP contribution in [0.5, 0.6) is 0 Å². The number of benzene rings is 2. The minimum atomic E-state index is -3.76. The number of hydrogen-bond acceptors (Lipinski definition) is 5. The number of fused-ring (bicyclic) bond motifs is 1. The van der Waals surface area contributed by atoms with Crippen LogP contribution in [0, 0.1) is 0 Å². The van der Waals surface area contributed by atoms with E-state index in [9.17, 15) is 8.42 Å². The number of nitrogens with zero attached hydrogens (tertiary/aromatic N) is 2. The van der Waals surface area contributed by atoms with Gasteiger partial charge in [0.15, 0.2) is 5.52 Å². The first-order valence-corrected chi connectivity index (χ1v) is 9.74. The van der Waals surface area contributed by atoms with Crippen LogP contribution in [0.4, 0.5) is 0 Å². The summed E-state index contributed by atoms with van der Waals surface area (Å²) in [6.45, 7) is 6.20. The molecule has 132 valence electrons. The Morgan fingerprint density at radius 1 is 1.04 bits per heavy atom. The van der Waals surface area contributed by atoms with E-state index in [0.29, 0.717) is 17.9 Å². The van der Waals surface area contributed by atoms with Gasteiger partial charge in [-0.3, -0.25) is 0 Å². The standard InChI is InChI=1S/C18H21N3O3S/c1-4-15(14-10-8-13(9-11-14)12(2)3)21-25(22,23)17-7-5-6-16-18(17)20-24-19-16/h5-12,15,21H,4H2,1-3H3. The quantitative estimate of drug-likeness (QED) is 0.724. The summed E-state index contributed by atoms with van der Waals surface area (Å²) in [6, 6.07) is 12.5. The lowest BCUT2D eigenvalue weighted by Crippen LogP contribution is -2.28. The first-order chi connectivity index (χ1) is 11.9. The molecular weight excluding hydrogens is 338 g/mol. The molecule has 1 atom stereocenters. The third-order valence-electron chi connectivity index (χ3n) is 4.25. The zero-order chi connectivity index (χ0) is 18.0. The monoisotopic (exact) mass is 359 g/mol. The van der Waals surface area contributed by atoms with Crippen molar-refractivity contribution in [3.8, 4) is 0 Å². The summed E-state index contributed by atoms with van der Waals surface area (Å²) in [5, 5.41) is 7.41. The van der Waals surface area contributed by atoms with Gasteiger partial charge < -0.3 is 0 Å². The van der Waals surface area contributed by atoms with Crippen molar-refractivity contribution in [2.45, 2.75) is 44.0 Å². The highest BCUT2D eigenvalue weighted by Crippen LogP contribution is 2.25. The second-order valence-electron chi connectivity index (χ2n) is 6.29. The van der Waals surface area contributed by atoms with Gasteiger partial charge in [0, 0.05) is 6.04 Å². The van der Waals surface area contributed by atoms with Crippen molar-refractivity contribution in [2.24, 2.45) is 0 Å². The van der Waals surface area contributed by atoms with Crippen molar-refractivity contribution in [1.29, 1.82) is 0 Å². The fraction of sp³-hybridized carbons (Fsp3) is 0.333. The molecule has 1 unspecified atom stereocenters. The highest BCUT2D eigenvalue weighted by Gasteiger charge is 2.24. The summed E-state index contributed by atoms with van der Waals surface area (Å²) < 4.78 is 33.1. The number of hydrogen-bond donors (Lipinski definition) is 1. The summed E-state index contributed by atoms with van der Waals surface area (Å²) >= 11 is 0. The van der Waals surface area contributed by atoms with E-state index in [-0.39, 0.29) is 16.5 Å². The van der Waals surface area contributed by atoms with E-state index in [1.807, 2.05) is 31.2 Å². The Balaban J connectivity index is 1.91. The lowest BCUT2D eigenvalue weighted by atomic mass is 9.98. The first-order valence-electron chi connectivity index (χ1n) is 8.26. The summed E-state index contributed by atoms with van der Waals surface area (Å²) in [5.41, 5.74) is 2.80. The number of aromatic nitrogens is 2. The minimum Gasteiger partial charge on any atom is -0.243 e. The molecule has 25 heavy (non-hydrogen) atoms. The third kappa shape index (κ3) is 3.57. The average molecular weight is 359 g/mol. The van der Waals surface area contributed by atoms with Gasteiger partial charge in [-0.15, -0.1) is 0 Å². The van der Waals surface area contributed by atoms with Crippen molar-refractivity contribution < 1.29 is 13.0 Å². The van der Waals surface area contributed by atoms with Crippen molar-refractivity contribution in [3.05, 3.63) is 53.6 Å². The van der Waals surface area contributed by atoms with E-state index < -0.39 is 10.0 Å². The van der Waals surface area contributed by atoms with Gasteiger partial charge in [0.25, 0.3) is 0 Å². The number of nitrogens with one attached hydrogen (secondary N) is 1. The summed E-state index contributed by atoms with van der Waals surface area (Å²) in [5.74, 6) is 0.433. The van der Waals surface area contributed by atoms with Crippen LogP contribution in [-0.4, -0.2) is 18.7 Å². The highest BCUT2D eigenvalue weighted by molar-refractivity contribution is 7.89. The number of sulfonamides is 1. The zero-order valence-corrected chi connectivity index (χ0v) is 15.2. The highest BCUT2D eigenvalue weighted by atomic mass is 32.2. The molecular formula is C18H21N3O3S. The first kappa shape index (κ1) is 17.6. The maximum absolute atomic E-state index is 12.8. The molecule has 1 heterocycles. The van der Waals surface area contributed by atoms with Gasteiger partial charge in [0.1, 0.15) is 10.4 Å². The van der Waals surface area contributed by atoms with Crippen LogP contribution >= 0.6 is 0 Å². The molecule has 0 bridgehead atoms. The second kappa shape index (κ2) is 6.93. The molecule has 0 saturated carbocycles. The Hall–Kier alpha value is -2.25. The van der Waals surface area contributed by atoms with E-state index in [0.717, 1.165) is 5.56 Å². The molecule has 0 amide bonds. The molecule has 7 heteroatoms. The number of rotatable bonds is 6. The Labute approximate surface area is 147 Å². The Morgan fingerprint density at radius 3 is 2.36 bits per heavy atom. The van der Waals surface area contributed by atoms with Gasteiger partial charge in [0.05, 0.1) is 0 Å². The predicted molar refractivity (Wildman–Crippen MR) is 95.7 cm³/mol. The normalized spacial score (nSPS) is 13.4. The molecule has 0 radical (unpaired) electrons. The third-order valence-corrected chi connectivity index (χ3v) is 5.75. The van der Waals surface area contributed by atoms with Gasteiger partial charge in [-0.1, -0.05) is 51.1 Å². The minimum absolute atomic E-state index is 0.0727. The van der Waals surface area contributed by atoms with Gasteiger partial charge in [-0.25, -0.2) is 17.8 Å². The van der Waals surface area contributed by atoms with E-state index in [2.05, 4.69) is 33.5 Å². The second-order valence-corrected chi connectivity index (χ2v) is 7.97. The predicted octanol–water partition coefficient (Wildman–Crippen LogP) is 3.78. The average Bonchev–Trinajstić information content (AvgIpc) is 3.08. The molecule has 0 aliphatic carbocycles. The topological polar surface area (TPSA) is 85.1 Å². The van der Waals surface area contributed by atoms with Crippen LogP contribution in [-0.2, 0) is 10.0 Å². The van der Waals surface area contributed by atoms with Crippen molar-refractivity contribution in [1.82, 2.24) is 15.0 Å². The lowest BCUT2D eigenvalue weighted by molar-refractivity contribution is 0.315. The van der Waals surface area contributed by atoms with Gasteiger partial charge in [0.2, 0.25) is 10.0 Å². The lowest BCUT2D eigenvalue weighted by Gasteiger charge is -2.18. The van der Waals surface area contributed by atoms with Crippen LogP contribution in [0.15, 0.2) is 52.0 Å². The maximum Gasteiger partial charge on any atom is 0.243 e. The van der Waals surface area contributed by atoms with E-state index in [4.69, 9.17) is 0 Å². The maximum atomic E-state index is 12.8. The van der Waals surface area contributed by atoms with Gasteiger partial charge in [-0.05, 0) is 45.9 Å². The van der Waals surface area contributed by atoms with Crippen LogP contribution < -0.4 is 4.72 Å². The molecule has 0 fully saturated rings. The largest absolute Gasteiger partial charge is 0.243 e. The Kier molecular flexibility index (Phi) is 4.87. The molecule has 3 rings (SSSR count). The molecule has 6 nitrogen and oxygen atoms in total. The van der Waals surface area contributed by atoms with E-state index >= 15 is 0 Å². The molecule has 3 aromatic rings. The smallest absolute Gasteiger partial charge is 0.243 e. The molecule has 0 aliphatic rings. The Morgan fingerprint density at radius 2 is 1.72 bits per heavy atom. The molecule has 0 spiro atoms. The van der Waals surface area contributed by atoms with Crippen molar-refractivity contribution >= 4 is 21.1 Å². The summed E-state index contributed by atoms with van der Waals surface area (Å²) in [6.07, 6.45) is 0.632.